The van der Waals surface area contributed by atoms with Crippen molar-refractivity contribution in [3.8, 4) is 5.75 Å². The van der Waals surface area contributed by atoms with Gasteiger partial charge in [0.25, 0.3) is 0 Å². The van der Waals surface area contributed by atoms with Crippen molar-refractivity contribution in [1.29, 1.82) is 0 Å². The van der Waals surface area contributed by atoms with Crippen LogP contribution in [0, 0.1) is 6.92 Å². The minimum absolute atomic E-state index is 0.133. The third-order valence-corrected chi connectivity index (χ3v) is 3.81. The lowest BCUT2D eigenvalue weighted by Gasteiger charge is -2.04. The number of hydrogen-bond donors (Lipinski definition) is 0. The largest absolute Gasteiger partial charge is 0.497 e. The van der Waals surface area contributed by atoms with Gasteiger partial charge in [-0.15, -0.1) is 11.8 Å². The maximum absolute atomic E-state index is 12.0. The second-order valence-corrected chi connectivity index (χ2v) is 5.30. The Hall–Kier alpha value is -1.74. The number of rotatable bonds is 5. The Labute approximate surface area is 117 Å². The molecule has 2 nitrogen and oxygen atoms in total. The summed E-state index contributed by atoms with van der Waals surface area (Å²) < 4.78 is 5.07. The van der Waals surface area contributed by atoms with Crippen LogP contribution >= 0.6 is 11.8 Å². The van der Waals surface area contributed by atoms with Crippen LogP contribution in [0.2, 0.25) is 0 Å². The lowest BCUT2D eigenvalue weighted by atomic mass is 10.1. The summed E-state index contributed by atoms with van der Waals surface area (Å²) in [5.74, 6) is 1.35. The summed E-state index contributed by atoms with van der Waals surface area (Å²) in [6.07, 6.45) is 0. The Morgan fingerprint density at radius 1 is 1.05 bits per heavy atom. The van der Waals surface area contributed by atoms with Crippen LogP contribution < -0.4 is 4.74 Å². The zero-order valence-electron chi connectivity index (χ0n) is 11.1. The van der Waals surface area contributed by atoms with Gasteiger partial charge in [0.05, 0.1) is 12.9 Å². The molecule has 19 heavy (non-hydrogen) atoms. The van der Waals surface area contributed by atoms with E-state index in [-0.39, 0.29) is 5.78 Å². The number of benzene rings is 2. The second kappa shape index (κ2) is 6.43. The highest BCUT2D eigenvalue weighted by molar-refractivity contribution is 8.00. The third kappa shape index (κ3) is 3.86. The SMILES string of the molecule is COc1ccc(C(=O)CSc2ccc(C)cc2)cc1. The molecule has 0 amide bonds. The molecule has 0 aliphatic rings. The predicted octanol–water partition coefficient (Wildman–Crippen LogP) is 3.98. The van der Waals surface area contributed by atoms with Gasteiger partial charge in [-0.25, -0.2) is 0 Å². The lowest BCUT2D eigenvalue weighted by Crippen LogP contribution is -2.02. The monoisotopic (exact) mass is 272 g/mol. The molecule has 0 radical (unpaired) electrons. The maximum atomic E-state index is 12.0. The van der Waals surface area contributed by atoms with E-state index >= 15 is 0 Å². The first-order chi connectivity index (χ1) is 9.19. The summed E-state index contributed by atoms with van der Waals surface area (Å²) in [6.45, 7) is 2.05. The zero-order chi connectivity index (χ0) is 13.7. The topological polar surface area (TPSA) is 26.3 Å². The summed E-state index contributed by atoms with van der Waals surface area (Å²) in [7, 11) is 1.62. The van der Waals surface area contributed by atoms with Crippen molar-refractivity contribution >= 4 is 17.5 Å². The zero-order valence-corrected chi connectivity index (χ0v) is 11.9. The minimum atomic E-state index is 0.133. The van der Waals surface area contributed by atoms with E-state index in [2.05, 4.69) is 19.1 Å². The number of ether oxygens (including phenoxy) is 1. The first-order valence-electron chi connectivity index (χ1n) is 6.06. The summed E-state index contributed by atoms with van der Waals surface area (Å²) >= 11 is 1.56. The molecule has 0 saturated carbocycles. The molecule has 0 saturated heterocycles. The van der Waals surface area contributed by atoms with Crippen LogP contribution in [0.4, 0.5) is 0 Å². The standard InChI is InChI=1S/C16H16O2S/c1-12-3-9-15(10-4-12)19-11-16(17)13-5-7-14(18-2)8-6-13/h3-10H,11H2,1-2H3. The Morgan fingerprint density at radius 2 is 1.68 bits per heavy atom. The molecule has 0 atom stereocenters. The lowest BCUT2D eigenvalue weighted by molar-refractivity contribution is 0.102. The van der Waals surface area contributed by atoms with Crippen molar-refractivity contribution in [3.05, 3.63) is 59.7 Å². The van der Waals surface area contributed by atoms with E-state index in [1.165, 1.54) is 5.56 Å². The van der Waals surface area contributed by atoms with Crippen LogP contribution in [-0.4, -0.2) is 18.6 Å². The van der Waals surface area contributed by atoms with Crippen LogP contribution in [0.5, 0.6) is 5.75 Å². The Morgan fingerprint density at radius 3 is 2.26 bits per heavy atom. The van der Waals surface area contributed by atoms with Crippen LogP contribution in [0.3, 0.4) is 0 Å². The summed E-state index contributed by atoms with van der Waals surface area (Å²) in [4.78, 5) is 13.1. The van der Waals surface area contributed by atoms with Crippen molar-refractivity contribution in [1.82, 2.24) is 0 Å². The van der Waals surface area contributed by atoms with Gasteiger partial charge in [-0.2, -0.15) is 0 Å². The summed E-state index contributed by atoms with van der Waals surface area (Å²) in [5, 5.41) is 0. The number of hydrogen-bond acceptors (Lipinski definition) is 3. The highest BCUT2D eigenvalue weighted by atomic mass is 32.2. The molecular formula is C16H16O2S. The normalized spacial score (nSPS) is 10.2. The Kier molecular flexibility index (Phi) is 4.63. The fourth-order valence-corrected chi connectivity index (χ4v) is 2.44. The fraction of sp³-hybridized carbons (Fsp3) is 0.188. The van der Waals surface area contributed by atoms with Gasteiger partial charge in [-0.1, -0.05) is 17.7 Å². The molecule has 0 unspecified atom stereocenters. The average Bonchev–Trinajstić information content (AvgIpc) is 2.46. The number of carbonyl (C=O) groups excluding carboxylic acids is 1. The van der Waals surface area contributed by atoms with Crippen LogP contribution in [0.25, 0.3) is 0 Å². The fourth-order valence-electron chi connectivity index (χ4n) is 1.64. The van der Waals surface area contributed by atoms with E-state index in [1.807, 2.05) is 24.3 Å². The van der Waals surface area contributed by atoms with Crippen LogP contribution in [0.15, 0.2) is 53.4 Å². The minimum Gasteiger partial charge on any atom is -0.497 e. The Bertz CT molecular complexity index is 544. The molecule has 0 fully saturated rings. The molecule has 0 aliphatic carbocycles. The Balaban J connectivity index is 1.95. The van der Waals surface area contributed by atoms with Gasteiger partial charge in [0, 0.05) is 10.5 Å². The first-order valence-corrected chi connectivity index (χ1v) is 7.04. The van der Waals surface area contributed by atoms with Gasteiger partial charge in [-0.05, 0) is 43.3 Å². The van der Waals surface area contributed by atoms with E-state index in [4.69, 9.17) is 4.74 Å². The summed E-state index contributed by atoms with van der Waals surface area (Å²) in [6, 6.07) is 15.4. The molecule has 0 spiro atoms. The maximum Gasteiger partial charge on any atom is 0.173 e. The molecule has 0 heterocycles. The quantitative estimate of drug-likeness (QED) is 0.608. The number of aryl methyl sites for hydroxylation is 1. The predicted molar refractivity (Wildman–Crippen MR) is 79.2 cm³/mol. The number of thioether (sulfide) groups is 1. The van der Waals surface area contributed by atoms with E-state index in [0.29, 0.717) is 5.75 Å². The molecule has 98 valence electrons. The van der Waals surface area contributed by atoms with Crippen molar-refractivity contribution in [3.63, 3.8) is 0 Å². The highest BCUT2D eigenvalue weighted by Crippen LogP contribution is 2.20. The molecule has 2 aromatic rings. The third-order valence-electron chi connectivity index (χ3n) is 2.80. The number of Topliss-reactive ketones (excluding diaryl/α,β-unsaturated/α-hetero) is 1. The van der Waals surface area contributed by atoms with Gasteiger partial charge in [-0.3, -0.25) is 4.79 Å². The molecule has 0 bridgehead atoms. The average molecular weight is 272 g/mol. The van der Waals surface area contributed by atoms with Gasteiger partial charge < -0.3 is 4.74 Å². The number of ketones is 1. The van der Waals surface area contributed by atoms with E-state index in [9.17, 15) is 4.79 Å². The molecular weight excluding hydrogens is 256 g/mol. The van der Waals surface area contributed by atoms with Gasteiger partial charge >= 0.3 is 0 Å². The van der Waals surface area contributed by atoms with E-state index < -0.39 is 0 Å². The number of methoxy groups -OCH3 is 1. The van der Waals surface area contributed by atoms with Crippen molar-refractivity contribution < 1.29 is 9.53 Å². The van der Waals surface area contributed by atoms with Crippen molar-refractivity contribution in [2.45, 2.75) is 11.8 Å². The first kappa shape index (κ1) is 13.7. The van der Waals surface area contributed by atoms with Gasteiger partial charge in [0.1, 0.15) is 5.75 Å². The second-order valence-electron chi connectivity index (χ2n) is 4.25. The molecule has 3 heteroatoms. The molecule has 0 aliphatic heterocycles. The molecule has 0 N–H and O–H groups in total. The molecule has 0 aromatic heterocycles. The highest BCUT2D eigenvalue weighted by Gasteiger charge is 2.06. The van der Waals surface area contributed by atoms with Crippen molar-refractivity contribution in [2.24, 2.45) is 0 Å². The van der Waals surface area contributed by atoms with Crippen LogP contribution in [0.1, 0.15) is 15.9 Å². The molecule has 2 aromatic carbocycles. The van der Waals surface area contributed by atoms with Gasteiger partial charge in [0.2, 0.25) is 0 Å². The van der Waals surface area contributed by atoms with E-state index in [0.717, 1.165) is 16.2 Å². The smallest absolute Gasteiger partial charge is 0.173 e. The van der Waals surface area contributed by atoms with E-state index in [1.54, 1.807) is 31.0 Å². The van der Waals surface area contributed by atoms with Gasteiger partial charge in [0.15, 0.2) is 5.78 Å². The summed E-state index contributed by atoms with van der Waals surface area (Å²) in [5.41, 5.74) is 1.95. The van der Waals surface area contributed by atoms with Crippen molar-refractivity contribution in [2.75, 3.05) is 12.9 Å². The number of carbonyl (C=O) groups is 1. The van der Waals surface area contributed by atoms with Crippen LogP contribution in [-0.2, 0) is 0 Å². The molecule has 2 rings (SSSR count).